The van der Waals surface area contributed by atoms with Crippen molar-refractivity contribution in [3.63, 3.8) is 0 Å². The third kappa shape index (κ3) is 6.33. The number of urea groups is 1. The fourth-order valence-corrected chi connectivity index (χ4v) is 5.58. The summed E-state index contributed by atoms with van der Waals surface area (Å²) in [6, 6.07) is 20.5. The summed E-state index contributed by atoms with van der Waals surface area (Å²) in [6.45, 7) is 2.42. The number of aromatic amines is 2. The lowest BCUT2D eigenvalue weighted by Crippen LogP contribution is -2.38. The predicted molar refractivity (Wildman–Crippen MR) is 159 cm³/mol. The number of nitrogen functional groups attached to an aromatic ring is 1. The number of amides is 2. The van der Waals surface area contributed by atoms with Gasteiger partial charge in [-0.25, -0.2) is 9.78 Å². The predicted octanol–water partition coefficient (Wildman–Crippen LogP) is 6.74. The van der Waals surface area contributed by atoms with Crippen LogP contribution in [0.25, 0.3) is 22.2 Å². The molecular formula is C28H27Cl2N7OS. The molecule has 5 rings (SSSR count). The average molecular weight is 581 g/mol. The number of fused-ring (bicyclic) bond motifs is 1. The second-order valence-corrected chi connectivity index (χ2v) is 11.0. The van der Waals surface area contributed by atoms with Crippen molar-refractivity contribution in [1.82, 2.24) is 30.8 Å². The molecule has 3 aromatic carbocycles. The molecule has 0 bridgehead atoms. The van der Waals surface area contributed by atoms with Crippen molar-refractivity contribution in [1.29, 1.82) is 0 Å². The number of rotatable bonds is 9. The van der Waals surface area contributed by atoms with Gasteiger partial charge in [0.15, 0.2) is 5.82 Å². The normalized spacial score (nSPS) is 12.0. The van der Waals surface area contributed by atoms with Crippen molar-refractivity contribution in [2.75, 3.05) is 11.5 Å². The fourth-order valence-electron chi connectivity index (χ4n) is 4.35. The molecule has 0 saturated heterocycles. The second kappa shape index (κ2) is 12.0. The minimum atomic E-state index is -0.464. The van der Waals surface area contributed by atoms with Crippen LogP contribution in [0.4, 0.5) is 10.6 Å². The first kappa shape index (κ1) is 26.9. The van der Waals surface area contributed by atoms with Crippen molar-refractivity contribution in [2.24, 2.45) is 0 Å². The first-order valence-electron chi connectivity index (χ1n) is 12.4. The van der Waals surface area contributed by atoms with Crippen LogP contribution in [0.1, 0.15) is 29.9 Å². The standard InChI is InChI=1S/C28H27Cl2N7OS/c1-2-39-23-11-9-19(29)13-18(23)15-32-28(38)33-22(12-16-6-4-3-5-7-16)27-34-24(25(30)35-27)17-8-10-20-21(14-17)36-37-26(20)31/h3-11,13-14,22H,2,12,15H2,1H3,(H,34,35)(H3,31,36,37)(H2,32,33,38). The van der Waals surface area contributed by atoms with Gasteiger partial charge in [0.1, 0.15) is 16.7 Å². The van der Waals surface area contributed by atoms with E-state index in [-0.39, 0.29) is 6.03 Å². The highest BCUT2D eigenvalue weighted by atomic mass is 35.5. The highest BCUT2D eigenvalue weighted by Gasteiger charge is 2.22. The Morgan fingerprint density at radius 2 is 1.92 bits per heavy atom. The smallest absolute Gasteiger partial charge is 0.315 e. The minimum absolute atomic E-state index is 0.327. The SMILES string of the molecule is CCSc1ccc(Cl)cc1CNC(=O)NC(Cc1ccccc1)c1nc(-c2ccc3c(N)n[nH]c3c2)c(Cl)[nH]1. The van der Waals surface area contributed by atoms with Gasteiger partial charge in [0.25, 0.3) is 0 Å². The van der Waals surface area contributed by atoms with Crippen LogP contribution >= 0.6 is 35.0 Å². The monoisotopic (exact) mass is 579 g/mol. The van der Waals surface area contributed by atoms with Gasteiger partial charge in [-0.2, -0.15) is 5.10 Å². The Hall–Kier alpha value is -3.66. The van der Waals surface area contributed by atoms with Gasteiger partial charge in [-0.15, -0.1) is 11.8 Å². The Labute approximate surface area is 240 Å². The molecule has 0 aliphatic heterocycles. The van der Waals surface area contributed by atoms with E-state index < -0.39 is 6.04 Å². The zero-order chi connectivity index (χ0) is 27.4. The molecule has 2 aromatic heterocycles. The first-order valence-corrected chi connectivity index (χ1v) is 14.1. The molecule has 0 aliphatic rings. The van der Waals surface area contributed by atoms with Crippen molar-refractivity contribution in [3.05, 3.63) is 93.9 Å². The fraction of sp³-hybridized carbons (Fsp3) is 0.179. The van der Waals surface area contributed by atoms with Gasteiger partial charge in [-0.05, 0) is 53.6 Å². The highest BCUT2D eigenvalue weighted by molar-refractivity contribution is 7.99. The van der Waals surface area contributed by atoms with Crippen molar-refractivity contribution in [3.8, 4) is 11.3 Å². The summed E-state index contributed by atoms with van der Waals surface area (Å²) in [5.41, 5.74) is 10.1. The number of hydrogen-bond donors (Lipinski definition) is 5. The van der Waals surface area contributed by atoms with Crippen LogP contribution in [0.5, 0.6) is 0 Å². The van der Waals surface area contributed by atoms with Crippen LogP contribution in [-0.4, -0.2) is 31.9 Å². The number of carbonyl (C=O) groups excluding carboxylic acids is 1. The topological polar surface area (TPSA) is 125 Å². The lowest BCUT2D eigenvalue weighted by molar-refractivity contribution is 0.236. The summed E-state index contributed by atoms with van der Waals surface area (Å²) < 4.78 is 0. The third-order valence-electron chi connectivity index (χ3n) is 6.22. The van der Waals surface area contributed by atoms with Crippen LogP contribution in [0.3, 0.4) is 0 Å². The third-order valence-corrected chi connectivity index (χ3v) is 7.73. The number of hydrogen-bond acceptors (Lipinski definition) is 5. The summed E-state index contributed by atoms with van der Waals surface area (Å²) >= 11 is 14.5. The van der Waals surface area contributed by atoms with Crippen LogP contribution in [0, 0.1) is 0 Å². The Kier molecular flexibility index (Phi) is 8.30. The Morgan fingerprint density at radius 3 is 2.72 bits per heavy atom. The van der Waals surface area contributed by atoms with E-state index >= 15 is 0 Å². The van der Waals surface area contributed by atoms with E-state index in [1.807, 2.05) is 66.7 Å². The Bertz CT molecular complexity index is 1600. The summed E-state index contributed by atoms with van der Waals surface area (Å²) in [5.74, 6) is 1.90. The number of aromatic nitrogens is 4. The van der Waals surface area contributed by atoms with Gasteiger partial charge in [0.05, 0.1) is 11.6 Å². The number of carbonyl (C=O) groups is 1. The average Bonchev–Trinajstić information content (AvgIpc) is 3.51. The Balaban J connectivity index is 1.38. The highest BCUT2D eigenvalue weighted by Crippen LogP contribution is 2.31. The van der Waals surface area contributed by atoms with E-state index in [9.17, 15) is 4.79 Å². The lowest BCUT2D eigenvalue weighted by atomic mass is 10.1. The van der Waals surface area contributed by atoms with Crippen molar-refractivity contribution < 1.29 is 4.79 Å². The molecule has 39 heavy (non-hydrogen) atoms. The molecule has 1 atom stereocenters. The maximum absolute atomic E-state index is 13.1. The molecule has 0 saturated carbocycles. The lowest BCUT2D eigenvalue weighted by Gasteiger charge is -2.18. The zero-order valence-electron chi connectivity index (χ0n) is 21.1. The first-order chi connectivity index (χ1) is 18.9. The van der Waals surface area contributed by atoms with Crippen LogP contribution < -0.4 is 16.4 Å². The number of thioether (sulfide) groups is 1. The molecule has 2 heterocycles. The molecule has 6 N–H and O–H groups in total. The number of halogens is 2. The van der Waals surface area contributed by atoms with Crippen LogP contribution in [-0.2, 0) is 13.0 Å². The number of anilines is 1. The van der Waals surface area contributed by atoms with Crippen LogP contribution in [0.2, 0.25) is 10.2 Å². The molecule has 0 aliphatic carbocycles. The van der Waals surface area contributed by atoms with E-state index in [0.717, 1.165) is 38.2 Å². The number of imidazole rings is 1. The minimum Gasteiger partial charge on any atom is -0.382 e. The quantitative estimate of drug-likeness (QED) is 0.124. The zero-order valence-corrected chi connectivity index (χ0v) is 23.4. The summed E-state index contributed by atoms with van der Waals surface area (Å²) in [4.78, 5) is 22.1. The molecule has 0 fully saturated rings. The van der Waals surface area contributed by atoms with Gasteiger partial charge in [-0.3, -0.25) is 5.10 Å². The largest absolute Gasteiger partial charge is 0.382 e. The number of benzene rings is 3. The summed E-state index contributed by atoms with van der Waals surface area (Å²) in [7, 11) is 0. The van der Waals surface area contributed by atoms with Crippen molar-refractivity contribution >= 4 is 57.7 Å². The van der Waals surface area contributed by atoms with E-state index in [2.05, 4.69) is 32.7 Å². The molecule has 11 heteroatoms. The van der Waals surface area contributed by atoms with E-state index in [1.54, 1.807) is 11.8 Å². The maximum atomic E-state index is 13.1. The molecule has 2 amide bonds. The van der Waals surface area contributed by atoms with Gasteiger partial charge in [0.2, 0.25) is 0 Å². The number of H-pyrrole nitrogens is 2. The number of nitrogens with one attached hydrogen (secondary N) is 4. The Morgan fingerprint density at radius 1 is 1.10 bits per heavy atom. The number of nitrogens with zero attached hydrogens (tertiary/aromatic N) is 2. The molecule has 0 spiro atoms. The van der Waals surface area contributed by atoms with Gasteiger partial charge >= 0.3 is 6.03 Å². The molecule has 5 aromatic rings. The van der Waals surface area contributed by atoms with Gasteiger partial charge in [0, 0.05) is 27.4 Å². The molecule has 8 nitrogen and oxygen atoms in total. The van der Waals surface area contributed by atoms with E-state index in [1.165, 1.54) is 0 Å². The van der Waals surface area contributed by atoms with E-state index in [4.69, 9.17) is 33.9 Å². The summed E-state index contributed by atoms with van der Waals surface area (Å²) in [5, 5.41) is 14.8. The molecule has 1 unspecified atom stereocenters. The summed E-state index contributed by atoms with van der Waals surface area (Å²) in [6.07, 6.45) is 0.516. The molecule has 200 valence electrons. The number of nitrogens with two attached hydrogens (primary N) is 1. The van der Waals surface area contributed by atoms with Crippen molar-refractivity contribution in [2.45, 2.75) is 30.8 Å². The van der Waals surface area contributed by atoms with Gasteiger partial charge in [-0.1, -0.05) is 66.5 Å². The van der Waals surface area contributed by atoms with Gasteiger partial charge < -0.3 is 21.4 Å². The van der Waals surface area contributed by atoms with E-state index in [0.29, 0.717) is 40.5 Å². The second-order valence-electron chi connectivity index (χ2n) is 8.91. The maximum Gasteiger partial charge on any atom is 0.315 e. The molecule has 0 radical (unpaired) electrons. The van der Waals surface area contributed by atoms with Crippen LogP contribution in [0.15, 0.2) is 71.6 Å². The molecular weight excluding hydrogens is 553 g/mol.